The zero-order chi connectivity index (χ0) is 14.4. The first-order valence-electron chi connectivity index (χ1n) is 7.21. The van der Waals surface area contributed by atoms with Gasteiger partial charge in [0.1, 0.15) is 5.01 Å². The van der Waals surface area contributed by atoms with Crippen LogP contribution in [0.1, 0.15) is 22.7 Å². The third-order valence-electron chi connectivity index (χ3n) is 3.58. The first-order chi connectivity index (χ1) is 9.67. The van der Waals surface area contributed by atoms with Crippen molar-refractivity contribution in [1.82, 2.24) is 20.5 Å². The standard InChI is InChI=1S/C14H25N5S.HI/c1-11-7-16-13(20-11)9-18-14(15-2)17-8-12-5-4-6-19(3)10-12;/h7,12H,4-6,8-10H2,1-3H3,(H2,15,17,18);1H. The van der Waals surface area contributed by atoms with Crippen LogP contribution in [0.5, 0.6) is 0 Å². The van der Waals surface area contributed by atoms with Crippen molar-refractivity contribution in [2.24, 2.45) is 10.9 Å². The van der Waals surface area contributed by atoms with Crippen LogP contribution in [-0.4, -0.2) is 49.6 Å². The highest BCUT2D eigenvalue weighted by atomic mass is 127. The Hall–Kier alpha value is -0.410. The van der Waals surface area contributed by atoms with Crippen LogP contribution >= 0.6 is 35.3 Å². The molecule has 0 spiro atoms. The molecule has 7 heteroatoms. The number of aryl methyl sites for hydroxylation is 1. The molecule has 1 saturated heterocycles. The van der Waals surface area contributed by atoms with Gasteiger partial charge in [0.25, 0.3) is 0 Å². The van der Waals surface area contributed by atoms with Crippen LogP contribution in [-0.2, 0) is 6.54 Å². The molecule has 1 unspecified atom stereocenters. The lowest BCUT2D eigenvalue weighted by Crippen LogP contribution is -2.43. The SMILES string of the molecule is CN=C(NCc1ncc(C)s1)NCC1CCCN(C)C1.I. The lowest BCUT2D eigenvalue weighted by molar-refractivity contribution is 0.210. The second kappa shape index (κ2) is 9.58. The number of nitrogens with one attached hydrogen (secondary N) is 2. The van der Waals surface area contributed by atoms with Crippen molar-refractivity contribution in [1.29, 1.82) is 0 Å². The molecule has 1 aliphatic heterocycles. The number of hydrogen-bond donors (Lipinski definition) is 2. The van der Waals surface area contributed by atoms with Crippen LogP contribution in [0.25, 0.3) is 0 Å². The van der Waals surface area contributed by atoms with Crippen LogP contribution in [0.4, 0.5) is 0 Å². The van der Waals surface area contributed by atoms with E-state index in [1.54, 1.807) is 11.3 Å². The molecule has 1 aliphatic rings. The second-order valence-electron chi connectivity index (χ2n) is 5.44. The molecule has 0 aliphatic carbocycles. The van der Waals surface area contributed by atoms with Gasteiger partial charge in [-0.05, 0) is 39.3 Å². The Morgan fingerprint density at radius 1 is 1.52 bits per heavy atom. The van der Waals surface area contributed by atoms with Crippen molar-refractivity contribution < 1.29 is 0 Å². The average Bonchev–Trinajstić information content (AvgIpc) is 2.85. The Bertz CT molecular complexity index is 448. The zero-order valence-electron chi connectivity index (χ0n) is 13.1. The lowest BCUT2D eigenvalue weighted by Gasteiger charge is -2.30. The van der Waals surface area contributed by atoms with Gasteiger partial charge in [0.2, 0.25) is 0 Å². The summed E-state index contributed by atoms with van der Waals surface area (Å²) in [6.45, 7) is 6.21. The smallest absolute Gasteiger partial charge is 0.191 e. The van der Waals surface area contributed by atoms with Crippen LogP contribution in [0, 0.1) is 12.8 Å². The summed E-state index contributed by atoms with van der Waals surface area (Å²) in [5.74, 6) is 1.58. The van der Waals surface area contributed by atoms with Gasteiger partial charge in [-0.1, -0.05) is 0 Å². The molecule has 1 aromatic rings. The maximum absolute atomic E-state index is 4.35. The molecule has 0 saturated carbocycles. The van der Waals surface area contributed by atoms with E-state index in [9.17, 15) is 0 Å². The van der Waals surface area contributed by atoms with Gasteiger partial charge in [-0.3, -0.25) is 4.99 Å². The number of thiazole rings is 1. The van der Waals surface area contributed by atoms with E-state index in [0.717, 1.165) is 30.0 Å². The number of nitrogens with zero attached hydrogens (tertiary/aromatic N) is 3. The summed E-state index contributed by atoms with van der Waals surface area (Å²) in [7, 11) is 4.01. The first kappa shape index (κ1) is 18.6. The molecule has 5 nitrogen and oxygen atoms in total. The fraction of sp³-hybridized carbons (Fsp3) is 0.714. The maximum Gasteiger partial charge on any atom is 0.191 e. The minimum atomic E-state index is 0. The number of aromatic nitrogens is 1. The molecule has 0 radical (unpaired) electrons. The largest absolute Gasteiger partial charge is 0.356 e. The average molecular weight is 423 g/mol. The van der Waals surface area contributed by atoms with Gasteiger partial charge < -0.3 is 15.5 Å². The number of likely N-dealkylation sites (tertiary alicyclic amines) is 1. The van der Waals surface area contributed by atoms with Crippen molar-refractivity contribution in [3.8, 4) is 0 Å². The monoisotopic (exact) mass is 423 g/mol. The Labute approximate surface area is 148 Å². The Balaban J connectivity index is 0.00000220. The Morgan fingerprint density at radius 2 is 2.33 bits per heavy atom. The summed E-state index contributed by atoms with van der Waals surface area (Å²) in [4.78, 5) is 12.3. The first-order valence-corrected chi connectivity index (χ1v) is 8.03. The summed E-state index contributed by atoms with van der Waals surface area (Å²) >= 11 is 1.72. The van der Waals surface area contributed by atoms with E-state index in [1.165, 1.54) is 30.8 Å². The van der Waals surface area contributed by atoms with Gasteiger partial charge in [0, 0.05) is 31.2 Å². The highest BCUT2D eigenvalue weighted by Gasteiger charge is 2.17. The van der Waals surface area contributed by atoms with Crippen LogP contribution in [0.15, 0.2) is 11.2 Å². The summed E-state index contributed by atoms with van der Waals surface area (Å²) in [5, 5.41) is 7.85. The fourth-order valence-corrected chi connectivity index (χ4v) is 3.27. The quantitative estimate of drug-likeness (QED) is 0.443. The van der Waals surface area contributed by atoms with Crippen molar-refractivity contribution in [3.05, 3.63) is 16.1 Å². The van der Waals surface area contributed by atoms with E-state index >= 15 is 0 Å². The highest BCUT2D eigenvalue weighted by Crippen LogP contribution is 2.14. The molecule has 2 heterocycles. The predicted octanol–water partition coefficient (Wildman–Crippen LogP) is 2.08. The Kier molecular flexibility index (Phi) is 8.50. The van der Waals surface area contributed by atoms with E-state index < -0.39 is 0 Å². The number of halogens is 1. The molecule has 120 valence electrons. The van der Waals surface area contributed by atoms with Gasteiger partial charge in [-0.15, -0.1) is 35.3 Å². The molecule has 1 aromatic heterocycles. The summed E-state index contributed by atoms with van der Waals surface area (Å²) in [5.41, 5.74) is 0. The maximum atomic E-state index is 4.35. The van der Waals surface area contributed by atoms with E-state index in [0.29, 0.717) is 0 Å². The highest BCUT2D eigenvalue weighted by molar-refractivity contribution is 14.0. The summed E-state index contributed by atoms with van der Waals surface area (Å²) in [6, 6.07) is 0. The van der Waals surface area contributed by atoms with Gasteiger partial charge in [0.05, 0.1) is 6.54 Å². The Morgan fingerprint density at radius 3 is 2.95 bits per heavy atom. The van der Waals surface area contributed by atoms with E-state index in [1.807, 2.05) is 13.2 Å². The third kappa shape index (κ3) is 6.48. The van der Waals surface area contributed by atoms with Crippen molar-refractivity contribution in [2.45, 2.75) is 26.3 Å². The molecule has 0 aromatic carbocycles. The van der Waals surface area contributed by atoms with Gasteiger partial charge >= 0.3 is 0 Å². The number of hydrogen-bond acceptors (Lipinski definition) is 4. The van der Waals surface area contributed by atoms with Crippen LogP contribution < -0.4 is 10.6 Å². The number of guanidine groups is 1. The number of aliphatic imine (C=N–C) groups is 1. The molecule has 0 amide bonds. The van der Waals surface area contributed by atoms with Gasteiger partial charge in [-0.2, -0.15) is 0 Å². The molecule has 21 heavy (non-hydrogen) atoms. The second-order valence-corrected chi connectivity index (χ2v) is 6.76. The number of rotatable bonds is 4. The molecule has 2 N–H and O–H groups in total. The normalized spacial score (nSPS) is 20.0. The lowest BCUT2D eigenvalue weighted by atomic mass is 9.99. The topological polar surface area (TPSA) is 52.6 Å². The number of piperidine rings is 1. The van der Waals surface area contributed by atoms with E-state index in [4.69, 9.17) is 0 Å². The fourth-order valence-electron chi connectivity index (χ4n) is 2.54. The molecule has 0 bridgehead atoms. The molecule has 2 rings (SSSR count). The van der Waals surface area contributed by atoms with Crippen molar-refractivity contribution in [2.75, 3.05) is 33.7 Å². The molecular formula is C14H26IN5S. The van der Waals surface area contributed by atoms with Crippen LogP contribution in [0.3, 0.4) is 0 Å². The van der Waals surface area contributed by atoms with Gasteiger partial charge in [0.15, 0.2) is 5.96 Å². The van der Waals surface area contributed by atoms with E-state index in [2.05, 4.69) is 39.5 Å². The predicted molar refractivity (Wildman–Crippen MR) is 101 cm³/mol. The van der Waals surface area contributed by atoms with E-state index in [-0.39, 0.29) is 24.0 Å². The molecular weight excluding hydrogens is 397 g/mol. The zero-order valence-corrected chi connectivity index (χ0v) is 16.2. The van der Waals surface area contributed by atoms with Gasteiger partial charge in [-0.25, -0.2) is 4.98 Å². The molecule has 1 atom stereocenters. The minimum Gasteiger partial charge on any atom is -0.356 e. The molecule has 1 fully saturated rings. The summed E-state index contributed by atoms with van der Waals surface area (Å²) < 4.78 is 0. The summed E-state index contributed by atoms with van der Waals surface area (Å²) in [6.07, 6.45) is 4.52. The van der Waals surface area contributed by atoms with Crippen molar-refractivity contribution in [3.63, 3.8) is 0 Å². The van der Waals surface area contributed by atoms with Crippen LogP contribution in [0.2, 0.25) is 0 Å². The third-order valence-corrected chi connectivity index (χ3v) is 4.49. The minimum absolute atomic E-state index is 0. The van der Waals surface area contributed by atoms with Crippen molar-refractivity contribution >= 4 is 41.3 Å².